The molecule has 0 unspecified atom stereocenters. The molecule has 1 amide bonds. The smallest absolute Gasteiger partial charge is 0.227 e. The van der Waals surface area contributed by atoms with Crippen molar-refractivity contribution < 1.29 is 4.79 Å². The minimum absolute atomic E-state index is 0.194. The normalized spacial score (nSPS) is 16.1. The van der Waals surface area contributed by atoms with Crippen molar-refractivity contribution in [3.63, 3.8) is 0 Å². The molecular formula is C25H28ClN5O. The van der Waals surface area contributed by atoms with E-state index in [-0.39, 0.29) is 11.8 Å². The van der Waals surface area contributed by atoms with Crippen LogP contribution in [0, 0.1) is 13.8 Å². The van der Waals surface area contributed by atoms with Crippen LogP contribution < -0.4 is 5.32 Å². The van der Waals surface area contributed by atoms with Crippen molar-refractivity contribution in [3.8, 4) is 0 Å². The summed E-state index contributed by atoms with van der Waals surface area (Å²) in [6.07, 6.45) is 5.05. The second-order valence-corrected chi connectivity index (χ2v) is 8.82. The number of anilines is 2. The van der Waals surface area contributed by atoms with Gasteiger partial charge < -0.3 is 10.2 Å². The predicted molar refractivity (Wildman–Crippen MR) is 127 cm³/mol. The maximum absolute atomic E-state index is 12.8. The van der Waals surface area contributed by atoms with E-state index in [2.05, 4.69) is 20.3 Å². The van der Waals surface area contributed by atoms with Gasteiger partial charge in [0.15, 0.2) is 0 Å². The summed E-state index contributed by atoms with van der Waals surface area (Å²) in [5.41, 5.74) is 4.81. The van der Waals surface area contributed by atoms with E-state index in [4.69, 9.17) is 11.6 Å². The molecule has 1 saturated heterocycles. The van der Waals surface area contributed by atoms with Crippen LogP contribution in [0.25, 0.3) is 0 Å². The Morgan fingerprint density at radius 3 is 2.69 bits per heavy atom. The molecule has 1 atom stereocenters. The Bertz CT molecular complexity index is 1070. The zero-order valence-electron chi connectivity index (χ0n) is 18.5. The van der Waals surface area contributed by atoms with E-state index in [0.717, 1.165) is 47.7 Å². The van der Waals surface area contributed by atoms with Crippen molar-refractivity contribution in [2.24, 2.45) is 0 Å². The predicted octanol–water partition coefficient (Wildman–Crippen LogP) is 5.22. The third kappa shape index (κ3) is 5.82. The zero-order chi connectivity index (χ0) is 22.5. The molecule has 0 spiro atoms. The summed E-state index contributed by atoms with van der Waals surface area (Å²) in [5.74, 6) is 1.02. The fraction of sp³-hybridized carbons (Fsp3) is 0.360. The van der Waals surface area contributed by atoms with Gasteiger partial charge in [-0.15, -0.1) is 0 Å². The van der Waals surface area contributed by atoms with Gasteiger partial charge in [-0.05, 0) is 69.0 Å². The number of rotatable bonds is 6. The van der Waals surface area contributed by atoms with Crippen molar-refractivity contribution in [1.82, 2.24) is 19.9 Å². The first-order valence-electron chi connectivity index (χ1n) is 11.0. The monoisotopic (exact) mass is 449 g/mol. The van der Waals surface area contributed by atoms with Gasteiger partial charge in [0.2, 0.25) is 11.9 Å². The molecule has 1 N–H and O–H groups in total. The number of aromatic nitrogens is 3. The average Bonchev–Trinajstić information content (AvgIpc) is 2.77. The van der Waals surface area contributed by atoms with Gasteiger partial charge in [0, 0.05) is 47.5 Å². The number of hydrogen-bond acceptors (Lipinski definition) is 5. The molecule has 32 heavy (non-hydrogen) atoms. The van der Waals surface area contributed by atoms with Gasteiger partial charge in [0.05, 0.1) is 11.9 Å². The van der Waals surface area contributed by atoms with Crippen LogP contribution in [0.5, 0.6) is 0 Å². The van der Waals surface area contributed by atoms with E-state index in [1.807, 2.05) is 67.4 Å². The molecule has 0 radical (unpaired) electrons. The number of nitrogens with zero attached hydrogens (tertiary/aromatic N) is 4. The van der Waals surface area contributed by atoms with Crippen LogP contribution in [0.1, 0.15) is 47.8 Å². The number of halogens is 1. The second kappa shape index (κ2) is 10.1. The number of hydrogen-bond donors (Lipinski definition) is 1. The summed E-state index contributed by atoms with van der Waals surface area (Å²) < 4.78 is 0. The molecule has 3 aromatic rings. The Morgan fingerprint density at radius 2 is 1.97 bits per heavy atom. The summed E-state index contributed by atoms with van der Waals surface area (Å²) in [7, 11) is 0. The Labute approximate surface area is 194 Å². The van der Waals surface area contributed by atoms with Crippen LogP contribution in [-0.4, -0.2) is 38.8 Å². The average molecular weight is 450 g/mol. The summed E-state index contributed by atoms with van der Waals surface area (Å²) >= 11 is 6.05. The van der Waals surface area contributed by atoms with E-state index < -0.39 is 0 Å². The van der Waals surface area contributed by atoms with Crippen LogP contribution in [0.3, 0.4) is 0 Å². The standard InChI is InChI=1S/C25H28ClN5O/c1-17-13-18(2)29-25(28-17)30-22-9-10-23(27-15-22)20-6-4-12-31(16-20)24(32)11-8-19-5-3-7-21(26)14-19/h3,5,7,9-10,13-15,20H,4,6,8,11-12,16H2,1-2H3,(H,28,29,30)/t20-/m0/s1. The molecule has 2 aromatic heterocycles. The number of carbonyl (C=O) groups is 1. The lowest BCUT2D eigenvalue weighted by molar-refractivity contribution is -0.132. The van der Waals surface area contributed by atoms with Crippen LogP contribution in [-0.2, 0) is 11.2 Å². The first kappa shape index (κ1) is 22.2. The quantitative estimate of drug-likeness (QED) is 0.558. The molecule has 4 rings (SSSR count). The van der Waals surface area contributed by atoms with Crippen molar-refractivity contribution in [1.29, 1.82) is 0 Å². The van der Waals surface area contributed by atoms with Gasteiger partial charge in [-0.2, -0.15) is 0 Å². The van der Waals surface area contributed by atoms with Gasteiger partial charge in [-0.25, -0.2) is 9.97 Å². The van der Waals surface area contributed by atoms with Gasteiger partial charge in [0.25, 0.3) is 0 Å². The van der Waals surface area contributed by atoms with E-state index in [9.17, 15) is 4.79 Å². The number of nitrogens with one attached hydrogen (secondary N) is 1. The maximum Gasteiger partial charge on any atom is 0.227 e. The Kier molecular flexibility index (Phi) is 7.00. The Morgan fingerprint density at radius 1 is 1.16 bits per heavy atom. The highest BCUT2D eigenvalue weighted by atomic mass is 35.5. The molecule has 7 heteroatoms. The Balaban J connectivity index is 1.34. The number of carbonyl (C=O) groups excluding carboxylic acids is 1. The number of amides is 1. The minimum Gasteiger partial charge on any atom is -0.342 e. The SMILES string of the molecule is Cc1cc(C)nc(Nc2ccc([C@H]3CCCN(C(=O)CCc4cccc(Cl)c4)C3)nc2)n1. The molecule has 1 aromatic carbocycles. The van der Waals surface area contributed by atoms with E-state index in [1.54, 1.807) is 0 Å². The molecule has 6 nitrogen and oxygen atoms in total. The zero-order valence-corrected chi connectivity index (χ0v) is 19.3. The molecular weight excluding hydrogens is 422 g/mol. The van der Waals surface area contributed by atoms with Crippen molar-refractivity contribution in [2.75, 3.05) is 18.4 Å². The lowest BCUT2D eigenvalue weighted by Gasteiger charge is -2.32. The maximum atomic E-state index is 12.8. The van der Waals surface area contributed by atoms with Crippen LogP contribution in [0.4, 0.5) is 11.6 Å². The molecule has 0 bridgehead atoms. The lowest BCUT2D eigenvalue weighted by Crippen LogP contribution is -2.39. The second-order valence-electron chi connectivity index (χ2n) is 8.38. The first-order chi connectivity index (χ1) is 15.5. The minimum atomic E-state index is 0.194. The fourth-order valence-corrected chi connectivity index (χ4v) is 4.39. The van der Waals surface area contributed by atoms with Gasteiger partial charge in [-0.1, -0.05) is 23.7 Å². The highest BCUT2D eigenvalue weighted by Gasteiger charge is 2.25. The van der Waals surface area contributed by atoms with Crippen molar-refractivity contribution >= 4 is 29.1 Å². The van der Waals surface area contributed by atoms with Gasteiger partial charge in [0.1, 0.15) is 0 Å². The van der Waals surface area contributed by atoms with E-state index in [0.29, 0.717) is 30.4 Å². The van der Waals surface area contributed by atoms with E-state index in [1.165, 1.54) is 0 Å². The molecule has 1 fully saturated rings. The molecule has 1 aliphatic heterocycles. The Hall–Kier alpha value is -2.99. The first-order valence-corrected chi connectivity index (χ1v) is 11.4. The number of aryl methyl sites for hydroxylation is 3. The number of likely N-dealkylation sites (tertiary alicyclic amines) is 1. The highest BCUT2D eigenvalue weighted by Crippen LogP contribution is 2.27. The number of pyridine rings is 1. The van der Waals surface area contributed by atoms with Gasteiger partial charge in [-0.3, -0.25) is 9.78 Å². The van der Waals surface area contributed by atoms with Crippen molar-refractivity contribution in [3.05, 3.63) is 76.3 Å². The third-order valence-corrected chi connectivity index (χ3v) is 5.97. The topological polar surface area (TPSA) is 71.0 Å². The number of benzene rings is 1. The van der Waals surface area contributed by atoms with Crippen LogP contribution in [0.15, 0.2) is 48.7 Å². The van der Waals surface area contributed by atoms with E-state index >= 15 is 0 Å². The molecule has 166 valence electrons. The molecule has 3 heterocycles. The van der Waals surface area contributed by atoms with Gasteiger partial charge >= 0.3 is 0 Å². The third-order valence-electron chi connectivity index (χ3n) is 5.73. The summed E-state index contributed by atoms with van der Waals surface area (Å²) in [6, 6.07) is 13.7. The fourth-order valence-electron chi connectivity index (χ4n) is 4.18. The molecule has 1 aliphatic rings. The lowest BCUT2D eigenvalue weighted by atomic mass is 9.94. The molecule has 0 aliphatic carbocycles. The highest BCUT2D eigenvalue weighted by molar-refractivity contribution is 6.30. The van der Waals surface area contributed by atoms with Crippen LogP contribution >= 0.6 is 11.6 Å². The summed E-state index contributed by atoms with van der Waals surface area (Å²) in [4.78, 5) is 28.3. The summed E-state index contributed by atoms with van der Waals surface area (Å²) in [6.45, 7) is 5.43. The molecule has 0 saturated carbocycles. The summed E-state index contributed by atoms with van der Waals surface area (Å²) in [5, 5.41) is 3.93. The largest absolute Gasteiger partial charge is 0.342 e. The van der Waals surface area contributed by atoms with Crippen LogP contribution in [0.2, 0.25) is 5.02 Å². The number of piperidine rings is 1. The van der Waals surface area contributed by atoms with Crippen molar-refractivity contribution in [2.45, 2.75) is 45.4 Å².